The van der Waals surface area contributed by atoms with E-state index < -0.39 is 96.9 Å². The van der Waals surface area contributed by atoms with E-state index in [4.69, 9.17) is 20.9 Å². The number of nitrogens with two attached hydrogens (primary N) is 2. The molecular weight excluding hydrogens is 785 g/mol. The van der Waals surface area contributed by atoms with Gasteiger partial charge in [-0.1, -0.05) is 9.97 Å². The first-order valence-electron chi connectivity index (χ1n) is 14.8. The molecule has 4 aromatic heterocycles. The largest absolute Gasteiger partial charge is 0.490 e. The smallest absolute Gasteiger partial charge is 0.387 e. The number of aryl methyl sites for hydroxylation is 2. The second-order valence-electron chi connectivity index (χ2n) is 11.8. The molecule has 2 aliphatic rings. The van der Waals surface area contributed by atoms with Crippen LogP contribution in [0.5, 0.6) is 0 Å². The Labute approximate surface area is 293 Å². The second-order valence-corrected chi connectivity index (χ2v) is 16.4. The van der Waals surface area contributed by atoms with Crippen LogP contribution < -0.4 is 31.7 Å². The SMILES string of the molecule is Cn1c[n+]([C@@H]2O[C@H](COP(=O)(O)OP(=O)(O)OP(=O)(O)OC[C@H]3O[C@@H]([n+]4cn(C)c5c(=O)[nH]c(N)nc54)[C@H](O)[C@@H]3O)[C@@H](O)[C@H]2O)c2nc(N)[nH]c(=O)c21. The predicted molar refractivity (Wildman–Crippen MR) is 167 cm³/mol. The minimum atomic E-state index is -6.00. The van der Waals surface area contributed by atoms with Gasteiger partial charge in [0.15, 0.2) is 12.7 Å². The maximum absolute atomic E-state index is 12.5. The lowest BCUT2D eigenvalue weighted by atomic mass is 10.1. The molecule has 13 N–H and O–H groups in total. The summed E-state index contributed by atoms with van der Waals surface area (Å²) in [7, 11) is -14.4. The molecule has 0 bridgehead atoms. The predicted octanol–water partition coefficient (Wildman–Crippen LogP) is -5.12. The average molecular weight is 818 g/mol. The van der Waals surface area contributed by atoms with Crippen LogP contribution in [-0.2, 0) is 54.9 Å². The van der Waals surface area contributed by atoms with Crippen LogP contribution in [0.4, 0.5) is 11.9 Å². The first-order valence-corrected chi connectivity index (χ1v) is 19.3. The number of phosphoric ester groups is 2. The van der Waals surface area contributed by atoms with E-state index in [2.05, 4.69) is 37.6 Å². The molecule has 0 spiro atoms. The third-order valence-electron chi connectivity index (χ3n) is 8.02. The highest BCUT2D eigenvalue weighted by molar-refractivity contribution is 7.66. The van der Waals surface area contributed by atoms with Crippen molar-refractivity contribution < 1.29 is 85.1 Å². The molecule has 2 fully saturated rings. The minimum absolute atomic E-state index is 0.0114. The summed E-state index contributed by atoms with van der Waals surface area (Å²) in [6.07, 6.45) is -10.7. The molecule has 6 rings (SSSR count). The van der Waals surface area contributed by atoms with Crippen molar-refractivity contribution in [1.29, 1.82) is 0 Å². The number of imidazole rings is 2. The van der Waals surface area contributed by atoms with Crippen LogP contribution >= 0.6 is 23.5 Å². The number of phosphoric acid groups is 3. The molecule has 4 aromatic rings. The van der Waals surface area contributed by atoms with Crippen LogP contribution in [0, 0.1) is 0 Å². The van der Waals surface area contributed by atoms with E-state index in [9.17, 15) is 58.4 Å². The molecule has 0 aromatic carbocycles. The number of aliphatic hydroxyl groups excluding tert-OH is 4. The third kappa shape index (κ3) is 7.72. The van der Waals surface area contributed by atoms with Crippen molar-refractivity contribution in [3.05, 3.63) is 33.4 Å². The van der Waals surface area contributed by atoms with Crippen molar-refractivity contribution in [3.63, 3.8) is 0 Å². The van der Waals surface area contributed by atoms with Gasteiger partial charge in [-0.3, -0.25) is 37.7 Å². The summed E-state index contributed by atoms with van der Waals surface area (Å²) in [5.41, 5.74) is 9.85. The zero-order valence-electron chi connectivity index (χ0n) is 27.0. The Balaban J connectivity index is 1.05. The van der Waals surface area contributed by atoms with E-state index in [0.29, 0.717) is 0 Å². The van der Waals surface area contributed by atoms with Crippen LogP contribution in [0.1, 0.15) is 12.5 Å². The molecule has 10 atom stereocenters. The lowest BCUT2D eigenvalue weighted by molar-refractivity contribution is -0.746. The summed E-state index contributed by atoms with van der Waals surface area (Å²) in [5.74, 6) is -0.558. The Morgan fingerprint density at radius 3 is 1.43 bits per heavy atom. The molecule has 6 heterocycles. The number of aromatic nitrogens is 8. The normalized spacial score (nSPS) is 29.8. The highest BCUT2D eigenvalue weighted by Crippen LogP contribution is 2.67. The zero-order valence-corrected chi connectivity index (χ0v) is 29.7. The van der Waals surface area contributed by atoms with Crippen molar-refractivity contribution >= 4 is 57.7 Å². The van der Waals surface area contributed by atoms with Gasteiger partial charge >= 0.3 is 34.8 Å². The number of H-pyrrole nitrogens is 2. The fourth-order valence-corrected chi connectivity index (χ4v) is 9.28. The number of nitrogens with zero attached hydrogens (tertiary/aromatic N) is 6. The summed E-state index contributed by atoms with van der Waals surface area (Å²) in [4.78, 5) is 67.3. The number of aromatic amines is 2. The van der Waals surface area contributed by atoms with Gasteiger partial charge in [-0.2, -0.15) is 8.62 Å². The minimum Gasteiger partial charge on any atom is -0.387 e. The van der Waals surface area contributed by atoms with E-state index in [1.165, 1.54) is 35.9 Å². The van der Waals surface area contributed by atoms with Gasteiger partial charge in [-0.15, -0.1) is 0 Å². The van der Waals surface area contributed by atoms with Crippen molar-refractivity contribution in [2.75, 3.05) is 24.7 Å². The fraction of sp³-hybridized carbons (Fsp3) is 0.545. The second kappa shape index (κ2) is 14.0. The molecule has 0 amide bonds. The standard InChI is InChI=1S/C22H31N10O18P3/c1-29-5-31(15-9(29)17(37)27-21(23)25-15)19-13(35)11(33)7(47-19)3-45-51(39,40)49-53(43,44)50-52(41,42)46-4-8-12(34)14(36)20(48-8)32-6-30(2)10-16(32)26-22(24)28-18(10)38/h5-8,11-14,19-20,33-36H,3-4H2,1-2H3,(H7-2,23,24,25,26,27,28,37,38,39,40,41,42,43,44)/p+2/t7-,8-,11-,12-,13-,14-,19-,20-/m1/s1. The molecule has 2 unspecified atom stereocenters. The van der Waals surface area contributed by atoms with E-state index >= 15 is 0 Å². The first kappa shape index (κ1) is 39.2. The molecule has 31 heteroatoms. The van der Waals surface area contributed by atoms with Crippen molar-refractivity contribution in [1.82, 2.24) is 29.1 Å². The van der Waals surface area contributed by atoms with Crippen LogP contribution in [0.25, 0.3) is 22.3 Å². The van der Waals surface area contributed by atoms with Crippen LogP contribution in [0.2, 0.25) is 0 Å². The number of nitrogen functional groups attached to an aromatic ring is 2. The Bertz CT molecular complexity index is 2170. The van der Waals surface area contributed by atoms with E-state index in [1.54, 1.807) is 0 Å². The van der Waals surface area contributed by atoms with Gasteiger partial charge in [-0.25, -0.2) is 22.8 Å². The lowest BCUT2D eigenvalue weighted by Crippen LogP contribution is -2.46. The average Bonchev–Trinajstić information content (AvgIpc) is 3.71. The quantitative estimate of drug-likeness (QED) is 0.0470. The van der Waals surface area contributed by atoms with Crippen molar-refractivity contribution in [3.8, 4) is 0 Å². The van der Waals surface area contributed by atoms with Gasteiger partial charge in [0.2, 0.25) is 23.5 Å². The number of aliphatic hydroxyl groups is 4. The van der Waals surface area contributed by atoms with Gasteiger partial charge in [0.1, 0.15) is 36.6 Å². The van der Waals surface area contributed by atoms with E-state index in [1.807, 2.05) is 0 Å². The van der Waals surface area contributed by atoms with Gasteiger partial charge in [-0.05, 0) is 0 Å². The molecule has 2 saturated heterocycles. The highest BCUT2D eigenvalue weighted by Gasteiger charge is 2.51. The molecule has 0 saturated carbocycles. The Morgan fingerprint density at radius 2 is 1.08 bits per heavy atom. The first-order chi connectivity index (χ1) is 24.6. The van der Waals surface area contributed by atoms with Crippen LogP contribution in [-0.4, -0.2) is 114 Å². The lowest BCUT2D eigenvalue weighted by Gasteiger charge is -2.21. The fourth-order valence-electron chi connectivity index (χ4n) is 5.76. The summed E-state index contributed by atoms with van der Waals surface area (Å²) in [6.45, 7) is -2.16. The number of ether oxygens (including phenoxy) is 2. The van der Waals surface area contributed by atoms with Gasteiger partial charge in [0.25, 0.3) is 23.0 Å². The van der Waals surface area contributed by atoms with Crippen molar-refractivity contribution in [2.24, 2.45) is 14.1 Å². The molecule has 28 nitrogen and oxygen atoms in total. The van der Waals surface area contributed by atoms with E-state index in [0.717, 1.165) is 9.13 Å². The maximum Gasteiger partial charge on any atom is 0.490 e. The number of hydrogen-bond acceptors (Lipinski definition) is 19. The summed E-state index contributed by atoms with van der Waals surface area (Å²) >= 11 is 0. The van der Waals surface area contributed by atoms with Gasteiger partial charge in [0.05, 0.1) is 27.3 Å². The number of anilines is 2. The monoisotopic (exact) mass is 818 g/mol. The molecule has 0 radical (unpaired) electrons. The summed E-state index contributed by atoms with van der Waals surface area (Å²) in [5, 5.41) is 42.3. The van der Waals surface area contributed by atoms with Gasteiger partial charge in [0, 0.05) is 0 Å². The Hall–Kier alpha value is -3.53. The number of rotatable bonds is 12. The summed E-state index contributed by atoms with van der Waals surface area (Å²) in [6, 6.07) is 0. The zero-order chi connectivity index (χ0) is 38.9. The van der Waals surface area contributed by atoms with Gasteiger partial charge < -0.3 is 56.0 Å². The highest BCUT2D eigenvalue weighted by atomic mass is 31.3. The molecular formula is C22H33N10O18P3+2. The molecule has 53 heavy (non-hydrogen) atoms. The molecule has 292 valence electrons. The maximum atomic E-state index is 12.5. The Morgan fingerprint density at radius 1 is 0.717 bits per heavy atom. The van der Waals surface area contributed by atoms with Crippen LogP contribution in [0.3, 0.4) is 0 Å². The Kier molecular flexibility index (Phi) is 10.3. The number of hydrogen-bond donors (Lipinski definition) is 11. The van der Waals surface area contributed by atoms with E-state index in [-0.39, 0.29) is 34.2 Å². The number of nitrogens with one attached hydrogen (secondary N) is 2. The van der Waals surface area contributed by atoms with Crippen molar-refractivity contribution in [2.45, 2.75) is 49.1 Å². The number of fused-ring (bicyclic) bond motifs is 2. The third-order valence-corrected chi connectivity index (χ3v) is 12.3. The topological polar surface area (TPSA) is 409 Å². The molecule has 2 aliphatic heterocycles. The summed E-state index contributed by atoms with van der Waals surface area (Å²) < 4.78 is 70.8. The molecule has 0 aliphatic carbocycles. The van der Waals surface area contributed by atoms with Crippen LogP contribution in [0.15, 0.2) is 22.2 Å².